The topological polar surface area (TPSA) is 94.7 Å². The van der Waals surface area contributed by atoms with Gasteiger partial charge in [-0.05, 0) is 28.5 Å². The van der Waals surface area contributed by atoms with Gasteiger partial charge in [0.15, 0.2) is 11.5 Å². The Hall–Kier alpha value is -2.57. The fourth-order valence-electron chi connectivity index (χ4n) is 1.56. The Labute approximate surface area is 94.5 Å². The molecule has 1 aromatic heterocycles. The lowest BCUT2D eigenvalue weighted by Gasteiger charge is -1.99. The molecule has 1 N–H and O–H groups in total. The van der Waals surface area contributed by atoms with Crippen LogP contribution in [0.5, 0.6) is 11.5 Å². The van der Waals surface area contributed by atoms with E-state index in [9.17, 15) is 4.79 Å². The molecule has 0 atom stereocenters. The summed E-state index contributed by atoms with van der Waals surface area (Å²) in [5.74, 6) is -0.0390. The van der Waals surface area contributed by atoms with Gasteiger partial charge in [-0.1, -0.05) is 0 Å². The minimum Gasteiger partial charge on any atom is -0.476 e. The number of hydrogen-bond acceptors (Lipinski definition) is 6. The van der Waals surface area contributed by atoms with E-state index < -0.39 is 5.97 Å². The lowest BCUT2D eigenvalue weighted by atomic mass is 10.1. The monoisotopic (exact) mass is 234 g/mol. The largest absolute Gasteiger partial charge is 0.476 e. The Kier molecular flexibility index (Phi) is 1.97. The number of carboxylic acid groups (broad SMARTS) is 1. The van der Waals surface area contributed by atoms with Crippen molar-refractivity contribution in [2.24, 2.45) is 0 Å². The molecule has 0 aliphatic carbocycles. The molecule has 0 saturated carbocycles. The highest BCUT2D eigenvalue weighted by Crippen LogP contribution is 2.35. The summed E-state index contributed by atoms with van der Waals surface area (Å²) in [6.07, 6.45) is 0. The van der Waals surface area contributed by atoms with Crippen molar-refractivity contribution in [2.45, 2.75) is 0 Å². The van der Waals surface area contributed by atoms with Crippen LogP contribution in [0.4, 0.5) is 0 Å². The summed E-state index contributed by atoms with van der Waals surface area (Å²) >= 11 is 0. The van der Waals surface area contributed by atoms with E-state index in [4.69, 9.17) is 14.6 Å². The van der Waals surface area contributed by atoms with Crippen molar-refractivity contribution in [3.05, 3.63) is 23.9 Å². The van der Waals surface area contributed by atoms with Crippen LogP contribution in [-0.2, 0) is 0 Å². The van der Waals surface area contributed by atoms with E-state index in [2.05, 4.69) is 14.9 Å². The number of aromatic carboxylic acids is 1. The first-order valence-corrected chi connectivity index (χ1v) is 4.71. The lowest BCUT2D eigenvalue weighted by Crippen LogP contribution is -1.99. The second kappa shape index (κ2) is 3.48. The molecule has 7 heteroatoms. The zero-order valence-electron chi connectivity index (χ0n) is 8.41. The average Bonchev–Trinajstić information content (AvgIpc) is 2.96. The van der Waals surface area contributed by atoms with Crippen LogP contribution in [0.2, 0.25) is 0 Å². The van der Waals surface area contributed by atoms with Crippen LogP contribution in [-0.4, -0.2) is 28.2 Å². The fourth-order valence-corrected chi connectivity index (χ4v) is 1.56. The molecule has 86 valence electrons. The molecule has 7 nitrogen and oxygen atoms in total. The second-order valence-electron chi connectivity index (χ2n) is 3.33. The third kappa shape index (κ3) is 1.48. The van der Waals surface area contributed by atoms with E-state index in [-0.39, 0.29) is 18.2 Å². The molecular formula is C10H6N2O5. The van der Waals surface area contributed by atoms with Crippen molar-refractivity contribution in [3.8, 4) is 22.8 Å². The number of aromatic nitrogens is 2. The number of ether oxygens (including phenoxy) is 2. The van der Waals surface area contributed by atoms with E-state index in [1.54, 1.807) is 18.2 Å². The van der Waals surface area contributed by atoms with Gasteiger partial charge in [0.05, 0.1) is 0 Å². The van der Waals surface area contributed by atoms with Crippen molar-refractivity contribution in [2.75, 3.05) is 6.79 Å². The molecule has 17 heavy (non-hydrogen) atoms. The van der Waals surface area contributed by atoms with Gasteiger partial charge in [-0.15, -0.1) is 0 Å². The lowest BCUT2D eigenvalue weighted by molar-refractivity contribution is 0.0685. The molecule has 1 aliphatic heterocycles. The maximum absolute atomic E-state index is 10.9. The van der Waals surface area contributed by atoms with Gasteiger partial charge in [0.1, 0.15) is 5.69 Å². The summed E-state index contributed by atoms with van der Waals surface area (Å²) < 4.78 is 14.8. The third-order valence-electron chi connectivity index (χ3n) is 2.34. The minimum absolute atomic E-state index is 0.154. The first-order chi connectivity index (χ1) is 8.25. The highest BCUT2D eigenvalue weighted by Gasteiger charge is 2.21. The molecule has 0 saturated heterocycles. The van der Waals surface area contributed by atoms with Crippen molar-refractivity contribution < 1.29 is 24.0 Å². The van der Waals surface area contributed by atoms with Gasteiger partial charge in [0, 0.05) is 5.56 Å². The van der Waals surface area contributed by atoms with Gasteiger partial charge in [-0.3, -0.25) is 0 Å². The van der Waals surface area contributed by atoms with Crippen molar-refractivity contribution in [1.29, 1.82) is 0 Å². The maximum Gasteiger partial charge on any atom is 0.360 e. The van der Waals surface area contributed by atoms with Gasteiger partial charge in [-0.2, -0.15) is 0 Å². The van der Waals surface area contributed by atoms with Gasteiger partial charge >= 0.3 is 5.97 Å². The Morgan fingerprint density at radius 2 is 2.06 bits per heavy atom. The molecule has 3 rings (SSSR count). The first-order valence-electron chi connectivity index (χ1n) is 4.71. The number of hydrogen-bond donors (Lipinski definition) is 1. The van der Waals surface area contributed by atoms with Crippen LogP contribution in [0.15, 0.2) is 22.8 Å². The predicted molar refractivity (Wildman–Crippen MR) is 52.8 cm³/mol. The van der Waals surface area contributed by atoms with Crippen LogP contribution >= 0.6 is 0 Å². The van der Waals surface area contributed by atoms with E-state index in [0.29, 0.717) is 17.1 Å². The quantitative estimate of drug-likeness (QED) is 0.832. The van der Waals surface area contributed by atoms with Crippen molar-refractivity contribution in [1.82, 2.24) is 10.3 Å². The van der Waals surface area contributed by atoms with E-state index in [1.165, 1.54) is 0 Å². The number of rotatable bonds is 2. The predicted octanol–water partition coefficient (Wildman–Crippen LogP) is 1.16. The standard InChI is InChI=1S/C10H6N2O5/c13-10(14)9-8(11-17-12-9)5-1-2-6-7(3-5)16-4-15-6/h1-3H,4H2,(H,13,14). The summed E-state index contributed by atoms with van der Waals surface area (Å²) in [6, 6.07) is 4.98. The van der Waals surface area contributed by atoms with Crippen LogP contribution in [0, 0.1) is 0 Å². The number of carboxylic acids is 1. The highest BCUT2D eigenvalue weighted by molar-refractivity contribution is 5.92. The molecular weight excluding hydrogens is 228 g/mol. The molecule has 0 spiro atoms. The average molecular weight is 234 g/mol. The molecule has 0 unspecified atom stereocenters. The van der Waals surface area contributed by atoms with Crippen LogP contribution < -0.4 is 9.47 Å². The van der Waals surface area contributed by atoms with Crippen molar-refractivity contribution in [3.63, 3.8) is 0 Å². The van der Waals surface area contributed by atoms with Gasteiger partial charge in [0.2, 0.25) is 12.5 Å². The van der Waals surface area contributed by atoms with E-state index >= 15 is 0 Å². The molecule has 2 heterocycles. The second-order valence-corrected chi connectivity index (χ2v) is 3.33. The van der Waals surface area contributed by atoms with E-state index in [1.807, 2.05) is 0 Å². The van der Waals surface area contributed by atoms with Crippen LogP contribution in [0.25, 0.3) is 11.3 Å². The molecule has 1 aliphatic rings. The Balaban J connectivity index is 2.09. The molecule has 0 fully saturated rings. The molecule has 1 aromatic carbocycles. The molecule has 2 aromatic rings. The fraction of sp³-hybridized carbons (Fsp3) is 0.100. The number of carbonyl (C=O) groups is 1. The molecule has 0 amide bonds. The minimum atomic E-state index is -1.20. The highest BCUT2D eigenvalue weighted by atomic mass is 16.7. The van der Waals surface area contributed by atoms with Gasteiger partial charge < -0.3 is 14.6 Å². The van der Waals surface area contributed by atoms with Crippen LogP contribution in [0.1, 0.15) is 10.5 Å². The summed E-state index contributed by atoms with van der Waals surface area (Å²) in [6.45, 7) is 0.154. The summed E-state index contributed by atoms with van der Waals surface area (Å²) in [7, 11) is 0. The van der Waals surface area contributed by atoms with Crippen molar-refractivity contribution >= 4 is 5.97 Å². The van der Waals surface area contributed by atoms with E-state index in [0.717, 1.165) is 0 Å². The molecule has 0 bridgehead atoms. The van der Waals surface area contributed by atoms with Gasteiger partial charge in [0.25, 0.3) is 0 Å². The number of fused-ring (bicyclic) bond motifs is 1. The smallest absolute Gasteiger partial charge is 0.360 e. The summed E-state index contributed by atoms with van der Waals surface area (Å²) in [5, 5.41) is 15.8. The number of benzene rings is 1. The Morgan fingerprint density at radius 3 is 2.88 bits per heavy atom. The maximum atomic E-state index is 10.9. The number of nitrogens with zero attached hydrogens (tertiary/aromatic N) is 2. The summed E-state index contributed by atoms with van der Waals surface area (Å²) in [4.78, 5) is 10.9. The van der Waals surface area contributed by atoms with Crippen LogP contribution in [0.3, 0.4) is 0 Å². The Bertz CT molecular complexity index is 592. The third-order valence-corrected chi connectivity index (χ3v) is 2.34. The molecule has 0 radical (unpaired) electrons. The Morgan fingerprint density at radius 1 is 1.24 bits per heavy atom. The zero-order chi connectivity index (χ0) is 11.8. The SMILES string of the molecule is O=C(O)c1nonc1-c1ccc2c(c1)OCO2. The normalized spacial score (nSPS) is 12.7. The summed E-state index contributed by atoms with van der Waals surface area (Å²) in [5.41, 5.74) is 0.479. The first kappa shape index (κ1) is 9.64. The van der Waals surface area contributed by atoms with Gasteiger partial charge in [-0.25, -0.2) is 9.42 Å². The zero-order valence-corrected chi connectivity index (χ0v) is 8.41.